The third-order valence-corrected chi connectivity index (χ3v) is 3.32. The van der Waals surface area contributed by atoms with Gasteiger partial charge in [0.2, 0.25) is 0 Å². The van der Waals surface area contributed by atoms with Gasteiger partial charge in [-0.3, -0.25) is 9.69 Å². The summed E-state index contributed by atoms with van der Waals surface area (Å²) in [5.74, 6) is -1.10. The Labute approximate surface area is 119 Å². The molecule has 1 atom stereocenters. The molecule has 1 aliphatic rings. The average molecular weight is 287 g/mol. The maximum Gasteiger partial charge on any atom is 0.314 e. The number of carbonyl (C=O) groups is 2. The zero-order chi connectivity index (χ0) is 15.2. The fourth-order valence-corrected chi connectivity index (χ4v) is 2.07. The van der Waals surface area contributed by atoms with Crippen LogP contribution >= 0.6 is 0 Å². The predicted octanol–water partition coefficient (Wildman–Crippen LogP) is -0.00440. The Kier molecular flexibility index (Phi) is 6.22. The Morgan fingerprint density at radius 1 is 1.35 bits per heavy atom. The number of hydrogen-bond donors (Lipinski definition) is 4. The van der Waals surface area contributed by atoms with Crippen LogP contribution in [0.4, 0.5) is 4.79 Å². The summed E-state index contributed by atoms with van der Waals surface area (Å²) in [6, 6.07) is 0.281. The fourth-order valence-electron chi connectivity index (χ4n) is 2.07. The first kappa shape index (κ1) is 16.7. The van der Waals surface area contributed by atoms with Gasteiger partial charge in [-0.25, -0.2) is 4.79 Å². The van der Waals surface area contributed by atoms with E-state index < -0.39 is 18.0 Å². The van der Waals surface area contributed by atoms with Crippen molar-refractivity contribution in [3.05, 3.63) is 0 Å². The molecule has 0 spiro atoms. The van der Waals surface area contributed by atoms with Gasteiger partial charge in [0.1, 0.15) is 0 Å². The van der Waals surface area contributed by atoms with Gasteiger partial charge in [-0.2, -0.15) is 0 Å². The average Bonchev–Trinajstić information content (AvgIpc) is 3.15. The van der Waals surface area contributed by atoms with Gasteiger partial charge in [-0.05, 0) is 26.3 Å². The number of urea groups is 1. The van der Waals surface area contributed by atoms with Gasteiger partial charge in [-0.1, -0.05) is 6.92 Å². The second-order valence-corrected chi connectivity index (χ2v) is 5.54. The van der Waals surface area contributed by atoms with E-state index in [2.05, 4.69) is 22.5 Å². The highest BCUT2D eigenvalue weighted by atomic mass is 16.4. The van der Waals surface area contributed by atoms with Crippen molar-refractivity contribution in [2.75, 3.05) is 26.2 Å². The maximum absolute atomic E-state index is 11.5. The summed E-state index contributed by atoms with van der Waals surface area (Å²) in [4.78, 5) is 24.4. The first-order valence-electron chi connectivity index (χ1n) is 7.04. The van der Waals surface area contributed by atoms with Crippen LogP contribution in [0.15, 0.2) is 0 Å². The van der Waals surface area contributed by atoms with E-state index in [0.717, 1.165) is 13.1 Å². The van der Waals surface area contributed by atoms with Crippen LogP contribution in [0.3, 0.4) is 0 Å². The molecule has 1 rings (SSSR count). The van der Waals surface area contributed by atoms with E-state index in [1.54, 1.807) is 0 Å². The van der Waals surface area contributed by atoms with Crippen LogP contribution in [0.25, 0.3) is 0 Å². The van der Waals surface area contributed by atoms with E-state index in [4.69, 9.17) is 5.11 Å². The molecule has 0 aromatic rings. The van der Waals surface area contributed by atoms with Gasteiger partial charge in [0.05, 0.1) is 12.0 Å². The van der Waals surface area contributed by atoms with Gasteiger partial charge >= 0.3 is 12.0 Å². The second-order valence-electron chi connectivity index (χ2n) is 5.54. The van der Waals surface area contributed by atoms with Crippen LogP contribution in [0, 0.1) is 0 Å². The summed E-state index contributed by atoms with van der Waals surface area (Å²) >= 11 is 0. The van der Waals surface area contributed by atoms with Crippen molar-refractivity contribution in [2.24, 2.45) is 0 Å². The maximum atomic E-state index is 11.5. The highest BCUT2D eigenvalue weighted by molar-refractivity contribution is 5.74. The molecule has 0 heterocycles. The van der Waals surface area contributed by atoms with Crippen LogP contribution < -0.4 is 10.6 Å². The second kappa shape index (κ2) is 7.44. The Balaban J connectivity index is 2.15. The molecule has 0 saturated heterocycles. The molecule has 0 aromatic carbocycles. The van der Waals surface area contributed by atoms with E-state index in [1.165, 1.54) is 19.8 Å². The number of aliphatic hydroxyl groups is 1. The molecule has 116 valence electrons. The zero-order valence-electron chi connectivity index (χ0n) is 12.2. The lowest BCUT2D eigenvalue weighted by molar-refractivity contribution is -0.141. The van der Waals surface area contributed by atoms with E-state index >= 15 is 0 Å². The minimum atomic E-state index is -1.44. The van der Waals surface area contributed by atoms with Crippen LogP contribution in [0.2, 0.25) is 0 Å². The van der Waals surface area contributed by atoms with Crippen LogP contribution in [0.1, 0.15) is 33.1 Å². The Hall–Kier alpha value is -1.34. The highest BCUT2D eigenvalue weighted by Gasteiger charge is 2.27. The van der Waals surface area contributed by atoms with Gasteiger partial charge in [0.15, 0.2) is 0 Å². The normalized spacial score (nSPS) is 17.6. The summed E-state index contributed by atoms with van der Waals surface area (Å²) < 4.78 is 0. The smallest absolute Gasteiger partial charge is 0.314 e. The van der Waals surface area contributed by atoms with Crippen molar-refractivity contribution in [2.45, 2.75) is 44.8 Å². The summed E-state index contributed by atoms with van der Waals surface area (Å²) in [5, 5.41) is 23.5. The molecule has 0 aromatic heterocycles. The molecule has 1 saturated carbocycles. The molecule has 0 radical (unpaired) electrons. The largest absolute Gasteiger partial charge is 0.481 e. The number of amides is 2. The number of carboxylic acids is 1. The lowest BCUT2D eigenvalue weighted by Crippen LogP contribution is -2.47. The zero-order valence-corrected chi connectivity index (χ0v) is 12.2. The van der Waals surface area contributed by atoms with Crippen molar-refractivity contribution in [3.8, 4) is 0 Å². The van der Waals surface area contributed by atoms with Gasteiger partial charge in [-0.15, -0.1) is 0 Å². The summed E-state index contributed by atoms with van der Waals surface area (Å²) in [7, 11) is 0. The monoisotopic (exact) mass is 287 g/mol. The van der Waals surface area contributed by atoms with E-state index in [-0.39, 0.29) is 12.6 Å². The lowest BCUT2D eigenvalue weighted by atomic mass is 10.0. The first-order valence-corrected chi connectivity index (χ1v) is 7.04. The third-order valence-electron chi connectivity index (χ3n) is 3.32. The molecule has 1 aliphatic carbocycles. The van der Waals surface area contributed by atoms with Gasteiger partial charge < -0.3 is 20.8 Å². The van der Waals surface area contributed by atoms with Crippen molar-refractivity contribution in [3.63, 3.8) is 0 Å². The topological polar surface area (TPSA) is 102 Å². The molecule has 2 amide bonds. The molecule has 20 heavy (non-hydrogen) atoms. The number of rotatable bonds is 9. The van der Waals surface area contributed by atoms with Crippen molar-refractivity contribution >= 4 is 12.0 Å². The van der Waals surface area contributed by atoms with E-state index in [1.807, 2.05) is 0 Å². The molecular weight excluding hydrogens is 262 g/mol. The third kappa shape index (κ3) is 6.72. The van der Waals surface area contributed by atoms with E-state index in [9.17, 15) is 14.7 Å². The number of nitrogens with zero attached hydrogens (tertiary/aromatic N) is 1. The van der Waals surface area contributed by atoms with Crippen molar-refractivity contribution in [1.82, 2.24) is 15.5 Å². The number of aliphatic carboxylic acids is 1. The highest BCUT2D eigenvalue weighted by Crippen LogP contribution is 2.25. The van der Waals surface area contributed by atoms with E-state index in [0.29, 0.717) is 12.6 Å². The van der Waals surface area contributed by atoms with Crippen LogP contribution in [0.5, 0.6) is 0 Å². The Bertz CT molecular complexity index is 343. The number of hydrogen-bond acceptors (Lipinski definition) is 4. The number of carbonyl (C=O) groups excluding carboxylic acids is 1. The standard InChI is InChI=1S/C13H25N3O4/c1-3-16(10-4-5-10)7-6-14-12(19)15-9-13(2,20)8-11(17)18/h10,20H,3-9H2,1-2H3,(H,17,18)(H2,14,15,19). The van der Waals surface area contributed by atoms with Crippen molar-refractivity contribution in [1.29, 1.82) is 0 Å². The number of nitrogens with one attached hydrogen (secondary N) is 2. The molecular formula is C13H25N3O4. The van der Waals surface area contributed by atoms with Crippen molar-refractivity contribution < 1.29 is 19.8 Å². The number of carboxylic acid groups (broad SMARTS) is 1. The summed E-state index contributed by atoms with van der Waals surface area (Å²) in [6.07, 6.45) is 2.06. The molecule has 1 unspecified atom stereocenters. The summed E-state index contributed by atoms with van der Waals surface area (Å²) in [6.45, 7) is 5.71. The summed E-state index contributed by atoms with van der Waals surface area (Å²) in [5.41, 5.74) is -1.44. The molecule has 0 aliphatic heterocycles. The molecule has 7 nitrogen and oxygen atoms in total. The molecule has 4 N–H and O–H groups in total. The first-order chi connectivity index (χ1) is 9.34. The fraction of sp³-hybridized carbons (Fsp3) is 0.846. The van der Waals surface area contributed by atoms with Crippen LogP contribution in [-0.4, -0.2) is 64.9 Å². The molecule has 7 heteroatoms. The van der Waals surface area contributed by atoms with Gasteiger partial charge in [0, 0.05) is 25.7 Å². The minimum Gasteiger partial charge on any atom is -0.481 e. The number of likely N-dealkylation sites (N-methyl/N-ethyl adjacent to an activating group) is 1. The SMILES string of the molecule is CCN(CCNC(=O)NCC(C)(O)CC(=O)O)C1CC1. The van der Waals surface area contributed by atoms with Crippen LogP contribution in [-0.2, 0) is 4.79 Å². The Morgan fingerprint density at radius 2 is 2.00 bits per heavy atom. The Morgan fingerprint density at radius 3 is 2.50 bits per heavy atom. The molecule has 1 fully saturated rings. The van der Waals surface area contributed by atoms with Gasteiger partial charge in [0.25, 0.3) is 0 Å². The molecule has 0 bridgehead atoms. The lowest BCUT2D eigenvalue weighted by Gasteiger charge is -2.22. The quantitative estimate of drug-likeness (QED) is 0.478. The minimum absolute atomic E-state index is 0.0920. The predicted molar refractivity (Wildman–Crippen MR) is 74.5 cm³/mol.